The van der Waals surface area contributed by atoms with Crippen molar-refractivity contribution in [3.63, 3.8) is 0 Å². The Morgan fingerprint density at radius 1 is 1.12 bits per heavy atom. The maximum atomic E-state index is 12.5. The molecule has 6 nitrogen and oxygen atoms in total. The van der Waals surface area contributed by atoms with Crippen LogP contribution in [0, 0.1) is 0 Å². The number of hydrogen-bond acceptors (Lipinski definition) is 4. The fraction of sp³-hybridized carbons (Fsp3) is 0. The third kappa shape index (κ3) is 3.31. The average Bonchev–Trinajstić information content (AvgIpc) is 3.11. The second-order valence-corrected chi connectivity index (χ2v) is 6.83. The smallest absolute Gasteiger partial charge is 0.257 e. The SMILES string of the molecule is O=C(Nc1cccc(-c2ccc3nncn3n2)c1)c1cc(Br)ccc1Cl. The van der Waals surface area contributed by atoms with Crippen LogP contribution in [0.5, 0.6) is 0 Å². The molecule has 2 aromatic carbocycles. The van der Waals surface area contributed by atoms with E-state index in [1.807, 2.05) is 36.4 Å². The van der Waals surface area contributed by atoms with Gasteiger partial charge in [0, 0.05) is 15.7 Å². The molecule has 128 valence electrons. The Hall–Kier alpha value is -2.77. The summed E-state index contributed by atoms with van der Waals surface area (Å²) in [6, 6.07) is 16.3. The Bertz CT molecular complexity index is 1130. The van der Waals surface area contributed by atoms with E-state index in [1.54, 1.807) is 29.0 Å². The van der Waals surface area contributed by atoms with E-state index >= 15 is 0 Å². The lowest BCUT2D eigenvalue weighted by atomic mass is 10.1. The summed E-state index contributed by atoms with van der Waals surface area (Å²) in [5, 5.41) is 15.5. The zero-order valence-corrected chi connectivity index (χ0v) is 15.6. The van der Waals surface area contributed by atoms with Gasteiger partial charge in [0.05, 0.1) is 16.3 Å². The predicted molar refractivity (Wildman–Crippen MR) is 103 cm³/mol. The second kappa shape index (κ2) is 6.86. The van der Waals surface area contributed by atoms with E-state index in [0.29, 0.717) is 21.9 Å². The third-order valence-electron chi connectivity index (χ3n) is 3.75. The van der Waals surface area contributed by atoms with Gasteiger partial charge in [0.2, 0.25) is 0 Å². The van der Waals surface area contributed by atoms with E-state index in [0.717, 1.165) is 15.7 Å². The molecule has 0 spiro atoms. The summed E-state index contributed by atoms with van der Waals surface area (Å²) in [6.45, 7) is 0. The molecule has 0 atom stereocenters. The Morgan fingerprint density at radius 3 is 2.88 bits per heavy atom. The molecule has 1 N–H and O–H groups in total. The quantitative estimate of drug-likeness (QED) is 0.523. The minimum Gasteiger partial charge on any atom is -0.322 e. The molecule has 1 amide bonds. The number of nitrogens with one attached hydrogen (secondary N) is 1. The molecule has 4 rings (SSSR count). The summed E-state index contributed by atoms with van der Waals surface area (Å²) in [7, 11) is 0. The van der Waals surface area contributed by atoms with Crippen molar-refractivity contribution in [2.24, 2.45) is 0 Å². The largest absolute Gasteiger partial charge is 0.322 e. The zero-order valence-electron chi connectivity index (χ0n) is 13.2. The lowest BCUT2D eigenvalue weighted by Crippen LogP contribution is -2.12. The molecular weight excluding hydrogens is 418 g/mol. The monoisotopic (exact) mass is 427 g/mol. The first-order valence-corrected chi connectivity index (χ1v) is 8.81. The fourth-order valence-corrected chi connectivity index (χ4v) is 3.07. The average molecular weight is 429 g/mol. The molecule has 0 bridgehead atoms. The first kappa shape index (κ1) is 16.7. The number of hydrogen-bond donors (Lipinski definition) is 1. The predicted octanol–water partition coefficient (Wildman–Crippen LogP) is 4.46. The number of amides is 1. The van der Waals surface area contributed by atoms with E-state index in [1.165, 1.54) is 0 Å². The van der Waals surface area contributed by atoms with Crippen molar-refractivity contribution in [2.45, 2.75) is 0 Å². The summed E-state index contributed by atoms with van der Waals surface area (Å²) >= 11 is 9.47. The van der Waals surface area contributed by atoms with Gasteiger partial charge in [-0.3, -0.25) is 4.79 Å². The van der Waals surface area contributed by atoms with Crippen LogP contribution in [-0.4, -0.2) is 25.7 Å². The highest BCUT2D eigenvalue weighted by Gasteiger charge is 2.12. The van der Waals surface area contributed by atoms with Crippen LogP contribution in [-0.2, 0) is 0 Å². The molecule has 0 fully saturated rings. The van der Waals surface area contributed by atoms with Gasteiger partial charge in [-0.05, 0) is 42.5 Å². The number of fused-ring (bicyclic) bond motifs is 1. The topological polar surface area (TPSA) is 72.2 Å². The highest BCUT2D eigenvalue weighted by molar-refractivity contribution is 9.10. The number of aromatic nitrogens is 4. The molecular formula is C18H11BrClN5O. The number of anilines is 1. The van der Waals surface area contributed by atoms with Gasteiger partial charge in [0.15, 0.2) is 5.65 Å². The Labute approximate surface area is 162 Å². The number of rotatable bonds is 3. The van der Waals surface area contributed by atoms with Crippen molar-refractivity contribution in [1.29, 1.82) is 0 Å². The van der Waals surface area contributed by atoms with Gasteiger partial charge in [0.1, 0.15) is 6.33 Å². The number of nitrogens with zero attached hydrogens (tertiary/aromatic N) is 4. The van der Waals surface area contributed by atoms with Crippen LogP contribution >= 0.6 is 27.5 Å². The van der Waals surface area contributed by atoms with E-state index in [9.17, 15) is 4.79 Å². The summed E-state index contributed by atoms with van der Waals surface area (Å²) in [6.07, 6.45) is 1.54. The highest BCUT2D eigenvalue weighted by atomic mass is 79.9. The highest BCUT2D eigenvalue weighted by Crippen LogP contribution is 2.24. The summed E-state index contributed by atoms with van der Waals surface area (Å²) in [4.78, 5) is 12.5. The van der Waals surface area contributed by atoms with Crippen molar-refractivity contribution in [3.05, 3.63) is 76.0 Å². The number of halogens is 2. The molecule has 2 heterocycles. The number of carbonyl (C=O) groups excluding carboxylic acids is 1. The summed E-state index contributed by atoms with van der Waals surface area (Å²) < 4.78 is 2.38. The normalized spacial score (nSPS) is 10.8. The van der Waals surface area contributed by atoms with Crippen LogP contribution < -0.4 is 5.32 Å². The molecule has 0 saturated heterocycles. The van der Waals surface area contributed by atoms with Gasteiger partial charge in [-0.2, -0.15) is 9.61 Å². The van der Waals surface area contributed by atoms with Crippen molar-refractivity contribution in [3.8, 4) is 11.3 Å². The molecule has 4 aromatic rings. The van der Waals surface area contributed by atoms with Crippen LogP contribution in [0.3, 0.4) is 0 Å². The van der Waals surface area contributed by atoms with Gasteiger partial charge in [-0.25, -0.2) is 0 Å². The summed E-state index contributed by atoms with van der Waals surface area (Å²) in [5.41, 5.74) is 3.32. The second-order valence-electron chi connectivity index (χ2n) is 5.51. The van der Waals surface area contributed by atoms with Gasteiger partial charge in [-0.15, -0.1) is 10.2 Å². The van der Waals surface area contributed by atoms with E-state index < -0.39 is 0 Å². The van der Waals surface area contributed by atoms with Crippen LogP contribution in [0.15, 0.2) is 65.4 Å². The first-order chi connectivity index (χ1) is 12.6. The lowest BCUT2D eigenvalue weighted by Gasteiger charge is -2.09. The van der Waals surface area contributed by atoms with Crippen LogP contribution in [0.2, 0.25) is 5.02 Å². The summed E-state index contributed by atoms with van der Waals surface area (Å²) in [5.74, 6) is -0.282. The number of carbonyl (C=O) groups is 1. The standard InChI is InChI=1S/C18H11BrClN5O/c19-12-4-5-15(20)14(9-12)18(26)22-13-3-1-2-11(8-13)16-6-7-17-23-21-10-25(17)24-16/h1-10H,(H,22,26). The Kier molecular flexibility index (Phi) is 4.40. The van der Waals surface area contributed by atoms with Crippen LogP contribution in [0.4, 0.5) is 5.69 Å². The maximum Gasteiger partial charge on any atom is 0.257 e. The van der Waals surface area contributed by atoms with Crippen molar-refractivity contribution >= 4 is 44.8 Å². The van der Waals surface area contributed by atoms with Gasteiger partial charge < -0.3 is 5.32 Å². The van der Waals surface area contributed by atoms with E-state index in [-0.39, 0.29) is 5.91 Å². The van der Waals surface area contributed by atoms with E-state index in [4.69, 9.17) is 11.6 Å². The van der Waals surface area contributed by atoms with Crippen LogP contribution in [0.1, 0.15) is 10.4 Å². The lowest BCUT2D eigenvalue weighted by molar-refractivity contribution is 0.102. The zero-order chi connectivity index (χ0) is 18.1. The van der Waals surface area contributed by atoms with E-state index in [2.05, 4.69) is 36.5 Å². The molecule has 0 unspecified atom stereocenters. The molecule has 2 aromatic heterocycles. The van der Waals surface area contributed by atoms with Crippen molar-refractivity contribution in [1.82, 2.24) is 19.8 Å². The van der Waals surface area contributed by atoms with Gasteiger partial charge in [-0.1, -0.05) is 39.7 Å². The van der Waals surface area contributed by atoms with Crippen molar-refractivity contribution < 1.29 is 4.79 Å². The van der Waals surface area contributed by atoms with Crippen LogP contribution in [0.25, 0.3) is 16.9 Å². The molecule has 8 heteroatoms. The molecule has 0 saturated carbocycles. The first-order valence-electron chi connectivity index (χ1n) is 7.64. The molecule has 0 radical (unpaired) electrons. The minimum atomic E-state index is -0.282. The third-order valence-corrected chi connectivity index (χ3v) is 4.57. The Balaban J connectivity index is 1.63. The van der Waals surface area contributed by atoms with Gasteiger partial charge >= 0.3 is 0 Å². The van der Waals surface area contributed by atoms with Crippen molar-refractivity contribution in [2.75, 3.05) is 5.32 Å². The maximum absolute atomic E-state index is 12.5. The Morgan fingerprint density at radius 2 is 2.00 bits per heavy atom. The fourth-order valence-electron chi connectivity index (χ4n) is 2.51. The number of benzene rings is 2. The minimum absolute atomic E-state index is 0.282. The molecule has 0 aliphatic carbocycles. The molecule has 0 aliphatic heterocycles. The molecule has 26 heavy (non-hydrogen) atoms. The van der Waals surface area contributed by atoms with Gasteiger partial charge in [0.25, 0.3) is 5.91 Å². The molecule has 0 aliphatic rings.